The highest BCUT2D eigenvalue weighted by Crippen LogP contribution is 2.52. The molecule has 0 unspecified atom stereocenters. The Balaban J connectivity index is 2.61. The predicted octanol–water partition coefficient (Wildman–Crippen LogP) is 3.76. The van der Waals surface area contributed by atoms with Crippen molar-refractivity contribution in [1.82, 2.24) is 5.16 Å². The summed E-state index contributed by atoms with van der Waals surface area (Å²) in [6, 6.07) is 4.94. The van der Waals surface area contributed by atoms with Crippen molar-refractivity contribution in [2.24, 2.45) is 0 Å². The van der Waals surface area contributed by atoms with Crippen LogP contribution < -0.4 is 5.30 Å². The Labute approximate surface area is 131 Å². The number of benzene rings is 2. The number of nitrogens with zero attached hydrogens (tertiary/aromatic N) is 1. The summed E-state index contributed by atoms with van der Waals surface area (Å²) in [5.74, 6) is -0.219. The topological polar surface area (TPSA) is 81.8 Å². The Kier molecular flexibility index (Phi) is 3.65. The van der Waals surface area contributed by atoms with Crippen LogP contribution in [0, 0.1) is 6.92 Å². The first-order valence-electron chi connectivity index (χ1n) is 6.35. The van der Waals surface area contributed by atoms with Crippen molar-refractivity contribution in [1.29, 1.82) is 0 Å². The average molecular weight is 342 g/mol. The third kappa shape index (κ3) is 2.03. The zero-order valence-corrected chi connectivity index (χ0v) is 13.7. The molecule has 0 fully saturated rings. The molecule has 1 heterocycles. The number of fused-ring (bicyclic) bond motifs is 3. The molecule has 0 radical (unpaired) electrons. The van der Waals surface area contributed by atoms with Crippen molar-refractivity contribution in [2.45, 2.75) is 6.92 Å². The molecule has 2 aromatic carbocycles. The minimum Gasteiger partial charge on any atom is -0.506 e. The summed E-state index contributed by atoms with van der Waals surface area (Å²) in [5.41, 5.74) is 0.873. The van der Waals surface area contributed by atoms with E-state index >= 15 is 0 Å². The Morgan fingerprint density at radius 2 is 1.95 bits per heavy atom. The standard InChI is InChI=1S/C14H13ClNO5P/c1-7-11-13(21-16-7)9-5-4-8(15)6-10(9)12(17)14(11)22(18,19-2)20-3/h4-6,17H,1-3H3. The van der Waals surface area contributed by atoms with Crippen molar-refractivity contribution in [3.05, 3.63) is 28.9 Å². The highest BCUT2D eigenvalue weighted by Gasteiger charge is 2.34. The van der Waals surface area contributed by atoms with Crippen LogP contribution in [0.1, 0.15) is 5.69 Å². The molecule has 0 spiro atoms. The van der Waals surface area contributed by atoms with Crippen molar-refractivity contribution in [2.75, 3.05) is 14.2 Å². The second-order valence-electron chi connectivity index (χ2n) is 4.72. The lowest BCUT2D eigenvalue weighted by molar-refractivity contribution is 0.286. The van der Waals surface area contributed by atoms with E-state index in [9.17, 15) is 9.67 Å². The van der Waals surface area contributed by atoms with E-state index in [1.165, 1.54) is 14.2 Å². The number of aryl methyl sites for hydroxylation is 1. The van der Waals surface area contributed by atoms with Gasteiger partial charge in [0.05, 0.1) is 11.1 Å². The van der Waals surface area contributed by atoms with Crippen LogP contribution in [0.5, 0.6) is 5.75 Å². The molecule has 0 bridgehead atoms. The molecule has 6 nitrogen and oxygen atoms in total. The summed E-state index contributed by atoms with van der Waals surface area (Å²) in [6.45, 7) is 1.69. The van der Waals surface area contributed by atoms with E-state index in [1.807, 2.05) is 0 Å². The highest BCUT2D eigenvalue weighted by atomic mass is 35.5. The molecule has 116 valence electrons. The molecule has 0 aliphatic heterocycles. The van der Waals surface area contributed by atoms with Crippen molar-refractivity contribution < 1.29 is 23.2 Å². The molecular weight excluding hydrogens is 329 g/mol. The second-order valence-corrected chi connectivity index (χ2v) is 7.33. The smallest absolute Gasteiger partial charge is 0.365 e. The first-order valence-corrected chi connectivity index (χ1v) is 8.27. The fourth-order valence-electron chi connectivity index (χ4n) is 2.51. The van der Waals surface area contributed by atoms with Crippen LogP contribution in [0.3, 0.4) is 0 Å². The first-order chi connectivity index (χ1) is 10.4. The van der Waals surface area contributed by atoms with Gasteiger partial charge in [-0.15, -0.1) is 0 Å². The number of phenols is 1. The summed E-state index contributed by atoms with van der Waals surface area (Å²) in [4.78, 5) is 0. The molecular formula is C14H13ClNO5P. The summed E-state index contributed by atoms with van der Waals surface area (Å²) in [6.07, 6.45) is 0. The largest absolute Gasteiger partial charge is 0.506 e. The van der Waals surface area contributed by atoms with Gasteiger partial charge in [-0.25, -0.2) is 0 Å². The summed E-state index contributed by atoms with van der Waals surface area (Å²) >= 11 is 5.99. The van der Waals surface area contributed by atoms with Crippen LogP contribution in [-0.2, 0) is 13.6 Å². The molecule has 1 N–H and O–H groups in total. The fourth-order valence-corrected chi connectivity index (χ4v) is 4.12. The van der Waals surface area contributed by atoms with Gasteiger partial charge in [-0.3, -0.25) is 4.57 Å². The van der Waals surface area contributed by atoms with Gasteiger partial charge >= 0.3 is 7.60 Å². The third-order valence-electron chi connectivity index (χ3n) is 3.56. The maximum absolute atomic E-state index is 12.9. The van der Waals surface area contributed by atoms with E-state index in [4.69, 9.17) is 25.2 Å². The van der Waals surface area contributed by atoms with Gasteiger partial charge in [-0.05, 0) is 25.1 Å². The maximum atomic E-state index is 12.9. The quantitative estimate of drug-likeness (QED) is 0.730. The van der Waals surface area contributed by atoms with Crippen LogP contribution in [-0.4, -0.2) is 24.5 Å². The average Bonchev–Trinajstić information content (AvgIpc) is 2.89. The van der Waals surface area contributed by atoms with E-state index in [1.54, 1.807) is 25.1 Å². The van der Waals surface area contributed by atoms with Crippen LogP contribution in [0.25, 0.3) is 21.7 Å². The van der Waals surface area contributed by atoms with Crippen molar-refractivity contribution >= 4 is 46.2 Å². The number of rotatable bonds is 3. The number of aromatic hydroxyl groups is 1. The minimum absolute atomic E-state index is 0.0287. The molecule has 0 amide bonds. The van der Waals surface area contributed by atoms with Gasteiger partial charge in [0, 0.05) is 30.0 Å². The zero-order valence-electron chi connectivity index (χ0n) is 12.1. The van der Waals surface area contributed by atoms with Gasteiger partial charge in [-0.1, -0.05) is 16.8 Å². The lowest BCUT2D eigenvalue weighted by Gasteiger charge is -2.17. The number of aromatic nitrogens is 1. The SMILES string of the molecule is COP(=O)(OC)c1c(O)c2cc(Cl)ccc2c2onc(C)c12. The van der Waals surface area contributed by atoms with Crippen LogP contribution in [0.15, 0.2) is 22.7 Å². The lowest BCUT2D eigenvalue weighted by atomic mass is 10.1. The molecule has 3 rings (SSSR count). The van der Waals surface area contributed by atoms with Crippen LogP contribution in [0.2, 0.25) is 5.02 Å². The van der Waals surface area contributed by atoms with Crippen molar-refractivity contribution in [3.63, 3.8) is 0 Å². The van der Waals surface area contributed by atoms with Gasteiger partial charge < -0.3 is 18.7 Å². The molecule has 0 atom stereocenters. The summed E-state index contributed by atoms with van der Waals surface area (Å²) < 4.78 is 28.3. The van der Waals surface area contributed by atoms with Crippen LogP contribution in [0.4, 0.5) is 0 Å². The Hall–Kier alpha value is -1.59. The molecule has 22 heavy (non-hydrogen) atoms. The van der Waals surface area contributed by atoms with E-state index in [2.05, 4.69) is 5.16 Å². The summed E-state index contributed by atoms with van der Waals surface area (Å²) in [5, 5.41) is 16.4. The molecule has 0 saturated carbocycles. The Morgan fingerprint density at radius 1 is 1.27 bits per heavy atom. The number of hydrogen-bond acceptors (Lipinski definition) is 6. The van der Waals surface area contributed by atoms with Gasteiger partial charge in [-0.2, -0.15) is 0 Å². The monoisotopic (exact) mass is 341 g/mol. The van der Waals surface area contributed by atoms with E-state index in [-0.39, 0.29) is 11.1 Å². The first kappa shape index (κ1) is 15.3. The Morgan fingerprint density at radius 3 is 2.59 bits per heavy atom. The molecule has 8 heteroatoms. The minimum atomic E-state index is -3.72. The van der Waals surface area contributed by atoms with E-state index in [0.29, 0.717) is 32.5 Å². The maximum Gasteiger partial charge on any atom is 0.365 e. The van der Waals surface area contributed by atoms with Gasteiger partial charge in [0.15, 0.2) is 5.58 Å². The van der Waals surface area contributed by atoms with Gasteiger partial charge in [0.25, 0.3) is 0 Å². The normalized spacial score (nSPS) is 12.4. The molecule has 0 aliphatic carbocycles. The number of halogens is 1. The van der Waals surface area contributed by atoms with Gasteiger partial charge in [0.2, 0.25) is 0 Å². The van der Waals surface area contributed by atoms with Crippen LogP contribution >= 0.6 is 19.2 Å². The molecule has 1 aromatic heterocycles. The third-order valence-corrected chi connectivity index (χ3v) is 5.74. The highest BCUT2D eigenvalue weighted by molar-refractivity contribution is 7.63. The van der Waals surface area contributed by atoms with E-state index in [0.717, 1.165) is 0 Å². The fraction of sp³-hybridized carbons (Fsp3) is 0.214. The molecule has 0 aliphatic rings. The molecule has 0 saturated heterocycles. The lowest BCUT2D eigenvalue weighted by Crippen LogP contribution is -2.11. The number of hydrogen-bond donors (Lipinski definition) is 1. The Bertz CT molecular complexity index is 928. The zero-order chi connectivity index (χ0) is 16.1. The predicted molar refractivity (Wildman–Crippen MR) is 84.2 cm³/mol. The molecule has 3 aromatic rings. The number of phenolic OH excluding ortho intramolecular Hbond substituents is 1. The second kappa shape index (κ2) is 5.25. The summed E-state index contributed by atoms with van der Waals surface area (Å²) in [7, 11) is -1.22. The van der Waals surface area contributed by atoms with Gasteiger partial charge in [0.1, 0.15) is 11.1 Å². The van der Waals surface area contributed by atoms with Crippen molar-refractivity contribution in [3.8, 4) is 5.75 Å². The van der Waals surface area contributed by atoms with E-state index < -0.39 is 7.60 Å².